The van der Waals surface area contributed by atoms with Gasteiger partial charge in [0, 0.05) is 17.5 Å². The zero-order valence-corrected chi connectivity index (χ0v) is 7.47. The van der Waals surface area contributed by atoms with E-state index in [1.807, 2.05) is 0 Å². The van der Waals surface area contributed by atoms with E-state index < -0.39 is 4.92 Å². The maximum Gasteiger partial charge on any atom is 0.273 e. The standard InChI is InChI=1S/C9H6N2O4/c12-5-10-9-3-6-1-2-7(11(13)14)4-8(6)15-9/h1-5H,(H,10,12). The smallest absolute Gasteiger partial charge is 0.273 e. The number of rotatable bonds is 3. The van der Waals surface area contributed by atoms with Gasteiger partial charge in [-0.25, -0.2) is 0 Å². The van der Waals surface area contributed by atoms with Crippen LogP contribution in [0.25, 0.3) is 11.0 Å². The second kappa shape index (κ2) is 3.41. The van der Waals surface area contributed by atoms with Crippen LogP contribution in [0.3, 0.4) is 0 Å². The Bertz CT molecular complexity index is 532. The van der Waals surface area contributed by atoms with Gasteiger partial charge in [-0.05, 0) is 6.07 Å². The summed E-state index contributed by atoms with van der Waals surface area (Å²) in [5.41, 5.74) is 0.322. The number of hydrogen-bond donors (Lipinski definition) is 1. The van der Waals surface area contributed by atoms with E-state index in [0.717, 1.165) is 0 Å². The fourth-order valence-corrected chi connectivity index (χ4v) is 1.26. The van der Waals surface area contributed by atoms with Crippen molar-refractivity contribution in [2.45, 2.75) is 0 Å². The van der Waals surface area contributed by atoms with Crippen LogP contribution in [0.2, 0.25) is 0 Å². The molecule has 1 aromatic carbocycles. The lowest BCUT2D eigenvalue weighted by atomic mass is 10.2. The van der Waals surface area contributed by atoms with Crippen molar-refractivity contribution in [3.8, 4) is 0 Å². The number of furan rings is 1. The highest BCUT2D eigenvalue weighted by atomic mass is 16.6. The van der Waals surface area contributed by atoms with Gasteiger partial charge in [0.25, 0.3) is 5.69 Å². The molecule has 6 heteroatoms. The summed E-state index contributed by atoms with van der Waals surface area (Å²) in [6, 6.07) is 5.84. The van der Waals surface area contributed by atoms with E-state index in [9.17, 15) is 14.9 Å². The topological polar surface area (TPSA) is 85.4 Å². The first kappa shape index (κ1) is 9.20. The minimum absolute atomic E-state index is 0.0468. The molecule has 1 N–H and O–H groups in total. The normalized spacial score (nSPS) is 10.1. The quantitative estimate of drug-likeness (QED) is 0.472. The zero-order chi connectivity index (χ0) is 10.8. The Kier molecular flexibility index (Phi) is 2.09. The molecular formula is C9H6N2O4. The number of nitro groups is 1. The largest absolute Gasteiger partial charge is 0.440 e. The molecule has 0 atom stereocenters. The van der Waals surface area contributed by atoms with E-state index >= 15 is 0 Å². The van der Waals surface area contributed by atoms with Crippen molar-refractivity contribution in [2.24, 2.45) is 0 Å². The fraction of sp³-hybridized carbons (Fsp3) is 0. The van der Waals surface area contributed by atoms with Gasteiger partial charge in [0.2, 0.25) is 12.3 Å². The number of carbonyl (C=O) groups excluding carboxylic acids is 1. The van der Waals surface area contributed by atoms with Gasteiger partial charge < -0.3 is 4.42 Å². The third kappa shape index (κ3) is 1.64. The molecule has 0 radical (unpaired) electrons. The van der Waals surface area contributed by atoms with E-state index in [0.29, 0.717) is 17.4 Å². The predicted molar refractivity (Wildman–Crippen MR) is 52.6 cm³/mol. The van der Waals surface area contributed by atoms with Crippen molar-refractivity contribution in [3.63, 3.8) is 0 Å². The molecule has 0 aliphatic carbocycles. The molecule has 0 saturated heterocycles. The summed E-state index contributed by atoms with van der Waals surface area (Å²) in [5.74, 6) is 0.264. The van der Waals surface area contributed by atoms with Crippen molar-refractivity contribution < 1.29 is 14.1 Å². The Morgan fingerprint density at radius 3 is 2.87 bits per heavy atom. The summed E-state index contributed by atoms with van der Waals surface area (Å²) in [7, 11) is 0. The number of nitrogens with zero attached hydrogens (tertiary/aromatic N) is 1. The molecule has 2 aromatic rings. The molecular weight excluding hydrogens is 200 g/mol. The lowest BCUT2D eigenvalue weighted by Crippen LogP contribution is -1.89. The fourth-order valence-electron chi connectivity index (χ4n) is 1.26. The molecule has 2 rings (SSSR count). The molecule has 0 fully saturated rings. The summed E-state index contributed by atoms with van der Waals surface area (Å²) in [6.07, 6.45) is 0.478. The average molecular weight is 206 g/mol. The van der Waals surface area contributed by atoms with E-state index in [1.54, 1.807) is 12.1 Å². The van der Waals surface area contributed by atoms with Crippen molar-refractivity contribution in [1.82, 2.24) is 0 Å². The summed E-state index contributed by atoms with van der Waals surface area (Å²) in [6.45, 7) is 0. The van der Waals surface area contributed by atoms with Crippen LogP contribution in [0.15, 0.2) is 28.7 Å². The van der Waals surface area contributed by atoms with Crippen LogP contribution in [-0.4, -0.2) is 11.3 Å². The minimum atomic E-state index is -0.505. The Labute approximate surface area is 83.6 Å². The number of hydrogen-bond acceptors (Lipinski definition) is 4. The van der Waals surface area contributed by atoms with Crippen LogP contribution in [0.1, 0.15) is 0 Å². The van der Waals surface area contributed by atoms with Gasteiger partial charge in [-0.3, -0.25) is 20.2 Å². The number of nitro benzene ring substituents is 1. The van der Waals surface area contributed by atoms with Gasteiger partial charge in [-0.15, -0.1) is 0 Å². The first-order chi connectivity index (χ1) is 7.20. The lowest BCUT2D eigenvalue weighted by Gasteiger charge is -1.89. The maximum atomic E-state index is 10.5. The van der Waals surface area contributed by atoms with Gasteiger partial charge in [-0.1, -0.05) is 0 Å². The molecule has 0 spiro atoms. The summed E-state index contributed by atoms with van der Waals surface area (Å²) in [4.78, 5) is 20.1. The summed E-state index contributed by atoms with van der Waals surface area (Å²) in [5, 5.41) is 13.5. The van der Waals surface area contributed by atoms with Crippen LogP contribution in [0, 0.1) is 10.1 Å². The summed E-state index contributed by atoms with van der Waals surface area (Å²) < 4.78 is 5.15. The molecule has 6 nitrogen and oxygen atoms in total. The second-order valence-corrected chi connectivity index (χ2v) is 2.85. The number of non-ortho nitro benzene ring substituents is 1. The van der Waals surface area contributed by atoms with E-state index in [2.05, 4.69) is 5.32 Å². The second-order valence-electron chi connectivity index (χ2n) is 2.85. The zero-order valence-electron chi connectivity index (χ0n) is 7.47. The van der Waals surface area contributed by atoms with Crippen LogP contribution in [-0.2, 0) is 4.79 Å². The van der Waals surface area contributed by atoms with Crippen molar-refractivity contribution in [1.29, 1.82) is 0 Å². The average Bonchev–Trinajstić information content (AvgIpc) is 2.59. The lowest BCUT2D eigenvalue weighted by molar-refractivity contribution is -0.384. The molecule has 0 saturated carbocycles. The molecule has 0 unspecified atom stereocenters. The molecule has 76 valence electrons. The highest BCUT2D eigenvalue weighted by molar-refractivity contribution is 5.85. The highest BCUT2D eigenvalue weighted by Crippen LogP contribution is 2.26. The Balaban J connectivity index is 2.51. The first-order valence-corrected chi connectivity index (χ1v) is 4.09. The van der Waals surface area contributed by atoms with E-state index in [4.69, 9.17) is 4.42 Å². The van der Waals surface area contributed by atoms with Gasteiger partial charge in [0.15, 0.2) is 0 Å². The maximum absolute atomic E-state index is 10.5. The summed E-state index contributed by atoms with van der Waals surface area (Å²) >= 11 is 0. The number of nitrogens with one attached hydrogen (secondary N) is 1. The Hall–Kier alpha value is -2.37. The minimum Gasteiger partial charge on any atom is -0.440 e. The number of anilines is 1. The predicted octanol–water partition coefficient (Wildman–Crippen LogP) is 1.91. The number of fused-ring (bicyclic) bond motifs is 1. The van der Waals surface area contributed by atoms with E-state index in [-0.39, 0.29) is 11.6 Å². The third-order valence-corrected chi connectivity index (χ3v) is 1.92. The molecule has 1 heterocycles. The number of amides is 1. The Morgan fingerprint density at radius 2 is 2.20 bits per heavy atom. The van der Waals surface area contributed by atoms with Crippen molar-refractivity contribution >= 4 is 29.0 Å². The number of carbonyl (C=O) groups is 1. The van der Waals surface area contributed by atoms with Crippen molar-refractivity contribution in [2.75, 3.05) is 5.32 Å². The molecule has 0 aliphatic heterocycles. The molecule has 1 aromatic heterocycles. The van der Waals surface area contributed by atoms with Gasteiger partial charge in [-0.2, -0.15) is 0 Å². The SMILES string of the molecule is O=CNc1cc2ccc([N+](=O)[O-])cc2o1. The highest BCUT2D eigenvalue weighted by Gasteiger charge is 2.09. The van der Waals surface area contributed by atoms with Gasteiger partial charge in [0.1, 0.15) is 5.58 Å². The van der Waals surface area contributed by atoms with Crippen LogP contribution in [0.5, 0.6) is 0 Å². The van der Waals surface area contributed by atoms with Gasteiger partial charge >= 0.3 is 0 Å². The van der Waals surface area contributed by atoms with Crippen LogP contribution in [0.4, 0.5) is 11.6 Å². The van der Waals surface area contributed by atoms with Crippen LogP contribution >= 0.6 is 0 Å². The third-order valence-electron chi connectivity index (χ3n) is 1.92. The monoisotopic (exact) mass is 206 g/mol. The molecule has 0 aliphatic rings. The number of benzene rings is 1. The van der Waals surface area contributed by atoms with E-state index in [1.165, 1.54) is 12.1 Å². The van der Waals surface area contributed by atoms with Crippen LogP contribution < -0.4 is 5.32 Å². The first-order valence-electron chi connectivity index (χ1n) is 4.09. The Morgan fingerprint density at radius 1 is 1.40 bits per heavy atom. The van der Waals surface area contributed by atoms with Crippen molar-refractivity contribution in [3.05, 3.63) is 34.4 Å². The molecule has 15 heavy (non-hydrogen) atoms. The van der Waals surface area contributed by atoms with Gasteiger partial charge in [0.05, 0.1) is 11.0 Å². The molecule has 0 bridgehead atoms. The molecule has 1 amide bonds.